The largest absolute Gasteiger partial charge is 0.316 e. The molecule has 0 bridgehead atoms. The number of hydrogen-bond acceptors (Lipinski definition) is 1. The first-order chi connectivity index (χ1) is 7.29. The van der Waals surface area contributed by atoms with Gasteiger partial charge < -0.3 is 5.32 Å². The van der Waals surface area contributed by atoms with Crippen molar-refractivity contribution in [3.8, 4) is 0 Å². The molecule has 0 saturated heterocycles. The summed E-state index contributed by atoms with van der Waals surface area (Å²) in [7, 11) is 0. The van der Waals surface area contributed by atoms with Crippen molar-refractivity contribution in [1.82, 2.24) is 5.32 Å². The van der Waals surface area contributed by atoms with Gasteiger partial charge in [0.05, 0.1) is 0 Å². The molecule has 0 radical (unpaired) electrons. The van der Waals surface area contributed by atoms with E-state index < -0.39 is 0 Å². The molecule has 1 rings (SSSR count). The average Bonchev–Trinajstić information content (AvgIpc) is 2.33. The maximum Gasteiger partial charge on any atom is 0.00101 e. The van der Waals surface area contributed by atoms with Crippen LogP contribution < -0.4 is 5.32 Å². The lowest BCUT2D eigenvalue weighted by Crippen LogP contribution is -2.40. The molecule has 0 aromatic heterocycles. The van der Waals surface area contributed by atoms with Crippen molar-refractivity contribution in [3.63, 3.8) is 0 Å². The van der Waals surface area contributed by atoms with Crippen LogP contribution in [0.2, 0.25) is 0 Å². The van der Waals surface area contributed by atoms with Gasteiger partial charge in [0, 0.05) is 6.54 Å². The molecule has 15 heavy (non-hydrogen) atoms. The highest BCUT2D eigenvalue weighted by Crippen LogP contribution is 2.43. The van der Waals surface area contributed by atoms with Crippen LogP contribution in [0.1, 0.15) is 65.7 Å². The van der Waals surface area contributed by atoms with Crippen molar-refractivity contribution in [2.75, 3.05) is 13.1 Å². The lowest BCUT2D eigenvalue weighted by Gasteiger charge is -2.42. The van der Waals surface area contributed by atoms with Crippen molar-refractivity contribution in [2.24, 2.45) is 11.3 Å². The first kappa shape index (κ1) is 13.0. The molecule has 90 valence electrons. The molecule has 1 heteroatoms. The van der Waals surface area contributed by atoms with Crippen LogP contribution in [0.3, 0.4) is 0 Å². The molecule has 0 aromatic rings. The summed E-state index contributed by atoms with van der Waals surface area (Å²) in [6.07, 6.45) is 10.1. The Morgan fingerprint density at radius 3 is 2.07 bits per heavy atom. The van der Waals surface area contributed by atoms with Crippen LogP contribution in [0, 0.1) is 11.3 Å². The Bertz CT molecular complexity index is 155. The quantitative estimate of drug-likeness (QED) is 0.700. The maximum atomic E-state index is 3.59. The maximum absolute atomic E-state index is 3.59. The summed E-state index contributed by atoms with van der Waals surface area (Å²) in [5, 5.41) is 3.59. The van der Waals surface area contributed by atoms with Crippen LogP contribution in [0.4, 0.5) is 0 Å². The van der Waals surface area contributed by atoms with E-state index in [1.165, 1.54) is 51.5 Å². The van der Waals surface area contributed by atoms with E-state index in [0.717, 1.165) is 12.5 Å². The zero-order valence-corrected chi connectivity index (χ0v) is 10.9. The minimum absolute atomic E-state index is 0.594. The van der Waals surface area contributed by atoms with Crippen molar-refractivity contribution in [1.29, 1.82) is 0 Å². The second-order valence-electron chi connectivity index (χ2n) is 5.18. The highest BCUT2D eigenvalue weighted by molar-refractivity contribution is 4.87. The first-order valence-corrected chi connectivity index (χ1v) is 6.99. The third-order valence-electron chi connectivity index (χ3n) is 4.61. The molecule has 0 atom stereocenters. The molecule has 0 spiro atoms. The van der Waals surface area contributed by atoms with Gasteiger partial charge in [-0.3, -0.25) is 0 Å². The predicted molar refractivity (Wildman–Crippen MR) is 68.1 cm³/mol. The highest BCUT2D eigenvalue weighted by atomic mass is 14.9. The summed E-state index contributed by atoms with van der Waals surface area (Å²) in [5.41, 5.74) is 0.594. The number of nitrogens with one attached hydrogen (secondary N) is 1. The molecule has 1 aliphatic carbocycles. The summed E-state index contributed by atoms with van der Waals surface area (Å²) in [5.74, 6) is 0.986. The molecule has 1 nitrogen and oxygen atoms in total. The Morgan fingerprint density at radius 2 is 1.60 bits per heavy atom. The second-order valence-corrected chi connectivity index (χ2v) is 5.18. The average molecular weight is 211 g/mol. The third kappa shape index (κ3) is 3.21. The zero-order chi connectivity index (χ0) is 11.1. The Hall–Kier alpha value is -0.0400. The van der Waals surface area contributed by atoms with E-state index in [-0.39, 0.29) is 0 Å². The number of hydrogen-bond donors (Lipinski definition) is 1. The van der Waals surface area contributed by atoms with E-state index in [4.69, 9.17) is 0 Å². The van der Waals surface area contributed by atoms with Gasteiger partial charge in [-0.05, 0) is 43.6 Å². The summed E-state index contributed by atoms with van der Waals surface area (Å²) in [4.78, 5) is 0. The van der Waals surface area contributed by atoms with E-state index >= 15 is 0 Å². The van der Waals surface area contributed by atoms with Crippen molar-refractivity contribution in [3.05, 3.63) is 0 Å². The van der Waals surface area contributed by atoms with E-state index in [2.05, 4.69) is 26.1 Å². The summed E-state index contributed by atoms with van der Waals surface area (Å²) < 4.78 is 0. The van der Waals surface area contributed by atoms with E-state index in [1.54, 1.807) is 0 Å². The Morgan fingerprint density at radius 1 is 1.00 bits per heavy atom. The van der Waals surface area contributed by atoms with Gasteiger partial charge in [0.25, 0.3) is 0 Å². The monoisotopic (exact) mass is 211 g/mol. The van der Waals surface area contributed by atoms with Crippen LogP contribution in [0.5, 0.6) is 0 Å². The predicted octanol–water partition coefficient (Wildman–Crippen LogP) is 3.98. The van der Waals surface area contributed by atoms with E-state index in [0.29, 0.717) is 5.41 Å². The summed E-state index contributed by atoms with van der Waals surface area (Å²) in [6, 6.07) is 0. The normalized spacial score (nSPS) is 19.4. The summed E-state index contributed by atoms with van der Waals surface area (Å²) >= 11 is 0. The minimum Gasteiger partial charge on any atom is -0.316 e. The lowest BCUT2D eigenvalue weighted by atomic mass is 9.65. The lowest BCUT2D eigenvalue weighted by molar-refractivity contribution is 0.102. The first-order valence-electron chi connectivity index (χ1n) is 6.99. The van der Waals surface area contributed by atoms with Gasteiger partial charge in [0.2, 0.25) is 0 Å². The Balaban J connectivity index is 2.59. The Labute approximate surface area is 96.0 Å². The molecule has 1 aliphatic rings. The van der Waals surface area contributed by atoms with Gasteiger partial charge in [0.1, 0.15) is 0 Å². The number of rotatable bonds is 6. The van der Waals surface area contributed by atoms with Gasteiger partial charge in [0.15, 0.2) is 0 Å². The van der Waals surface area contributed by atoms with Crippen LogP contribution >= 0.6 is 0 Å². The molecular formula is C14H29N. The molecule has 0 amide bonds. The third-order valence-corrected chi connectivity index (χ3v) is 4.61. The van der Waals surface area contributed by atoms with Gasteiger partial charge in [-0.1, -0.05) is 40.0 Å². The SMILES string of the molecule is CCNCC(CC)(CC)C1CCCCC1. The van der Waals surface area contributed by atoms with Crippen LogP contribution in [0.15, 0.2) is 0 Å². The molecule has 1 N–H and O–H groups in total. The van der Waals surface area contributed by atoms with Gasteiger partial charge >= 0.3 is 0 Å². The smallest absolute Gasteiger partial charge is 0.00101 e. The van der Waals surface area contributed by atoms with Gasteiger partial charge in [-0.2, -0.15) is 0 Å². The van der Waals surface area contributed by atoms with Crippen LogP contribution in [0.25, 0.3) is 0 Å². The second kappa shape index (κ2) is 6.52. The fourth-order valence-corrected chi connectivity index (χ4v) is 3.31. The fourth-order valence-electron chi connectivity index (χ4n) is 3.31. The zero-order valence-electron chi connectivity index (χ0n) is 10.9. The molecule has 0 aromatic carbocycles. The molecule has 1 saturated carbocycles. The molecule has 0 heterocycles. The molecule has 1 fully saturated rings. The van der Waals surface area contributed by atoms with Crippen LogP contribution in [-0.2, 0) is 0 Å². The highest BCUT2D eigenvalue weighted by Gasteiger charge is 2.35. The summed E-state index contributed by atoms with van der Waals surface area (Å²) in [6.45, 7) is 9.34. The molecule has 0 aliphatic heterocycles. The molecular weight excluding hydrogens is 182 g/mol. The molecule has 0 unspecified atom stereocenters. The van der Waals surface area contributed by atoms with Crippen molar-refractivity contribution < 1.29 is 0 Å². The topological polar surface area (TPSA) is 12.0 Å². The van der Waals surface area contributed by atoms with E-state index in [9.17, 15) is 0 Å². The standard InChI is InChI=1S/C14H29N/c1-4-14(5-2,12-15-6-3)13-10-8-7-9-11-13/h13,15H,4-12H2,1-3H3. The minimum atomic E-state index is 0.594. The Kier molecular flexibility index (Phi) is 5.66. The van der Waals surface area contributed by atoms with E-state index in [1.807, 2.05) is 0 Å². The van der Waals surface area contributed by atoms with Crippen LogP contribution in [-0.4, -0.2) is 13.1 Å². The van der Waals surface area contributed by atoms with Gasteiger partial charge in [-0.25, -0.2) is 0 Å². The van der Waals surface area contributed by atoms with Crippen molar-refractivity contribution >= 4 is 0 Å². The van der Waals surface area contributed by atoms with Gasteiger partial charge in [-0.15, -0.1) is 0 Å². The fraction of sp³-hybridized carbons (Fsp3) is 1.00. The van der Waals surface area contributed by atoms with Crippen molar-refractivity contribution in [2.45, 2.75) is 65.7 Å².